The molecule has 1 saturated heterocycles. The zero-order valence-corrected chi connectivity index (χ0v) is 14.0. The van der Waals surface area contributed by atoms with Crippen molar-refractivity contribution >= 4 is 5.96 Å². The average Bonchev–Trinajstić information content (AvgIpc) is 3.12. The Morgan fingerprint density at radius 3 is 2.82 bits per heavy atom. The summed E-state index contributed by atoms with van der Waals surface area (Å²) in [5.41, 5.74) is -0.0870. The molecule has 0 spiro atoms. The highest BCUT2D eigenvalue weighted by Gasteiger charge is 2.29. The minimum absolute atomic E-state index is 0.0870. The van der Waals surface area contributed by atoms with Crippen LogP contribution in [-0.4, -0.2) is 48.4 Å². The molecule has 22 heavy (non-hydrogen) atoms. The number of rotatable bonds is 6. The van der Waals surface area contributed by atoms with E-state index in [-0.39, 0.29) is 11.5 Å². The minimum atomic E-state index is -0.0870. The zero-order valence-electron chi connectivity index (χ0n) is 14.0. The van der Waals surface area contributed by atoms with Gasteiger partial charge in [0.05, 0.1) is 5.60 Å². The monoisotopic (exact) mass is 309 g/mol. The van der Waals surface area contributed by atoms with Crippen molar-refractivity contribution in [1.82, 2.24) is 20.8 Å². The maximum atomic E-state index is 5.76. The third-order valence-corrected chi connectivity index (χ3v) is 3.79. The van der Waals surface area contributed by atoms with E-state index in [2.05, 4.69) is 32.7 Å². The number of aromatic nitrogens is 2. The van der Waals surface area contributed by atoms with E-state index in [4.69, 9.17) is 9.26 Å². The summed E-state index contributed by atoms with van der Waals surface area (Å²) in [7, 11) is 1.76. The third kappa shape index (κ3) is 4.69. The Labute approximate surface area is 131 Å². The molecule has 1 aromatic heterocycles. The van der Waals surface area contributed by atoms with Crippen LogP contribution in [0.15, 0.2) is 9.52 Å². The summed E-state index contributed by atoms with van der Waals surface area (Å²) < 4.78 is 11.0. The van der Waals surface area contributed by atoms with E-state index < -0.39 is 0 Å². The van der Waals surface area contributed by atoms with Gasteiger partial charge in [0.2, 0.25) is 5.89 Å². The van der Waals surface area contributed by atoms with Crippen molar-refractivity contribution in [2.45, 2.75) is 51.6 Å². The van der Waals surface area contributed by atoms with E-state index in [1.54, 1.807) is 7.05 Å². The van der Waals surface area contributed by atoms with Gasteiger partial charge < -0.3 is 19.9 Å². The molecule has 0 amide bonds. The fourth-order valence-corrected chi connectivity index (χ4v) is 2.36. The second-order valence-electron chi connectivity index (χ2n) is 6.21. The van der Waals surface area contributed by atoms with Gasteiger partial charge in [0, 0.05) is 39.1 Å². The maximum absolute atomic E-state index is 5.76. The molecular weight excluding hydrogens is 282 g/mol. The van der Waals surface area contributed by atoms with Crippen molar-refractivity contribution in [1.29, 1.82) is 0 Å². The summed E-state index contributed by atoms with van der Waals surface area (Å²) in [5, 5.41) is 10.5. The molecule has 0 aromatic carbocycles. The van der Waals surface area contributed by atoms with Crippen LogP contribution in [0.25, 0.3) is 0 Å². The Morgan fingerprint density at radius 1 is 1.41 bits per heavy atom. The summed E-state index contributed by atoms with van der Waals surface area (Å²) in [6, 6.07) is 0. The van der Waals surface area contributed by atoms with Gasteiger partial charge in [0.15, 0.2) is 11.8 Å². The van der Waals surface area contributed by atoms with Crippen LogP contribution in [0.4, 0.5) is 0 Å². The Bertz CT molecular complexity index is 492. The van der Waals surface area contributed by atoms with E-state index in [1.165, 1.54) is 0 Å². The number of nitrogens with zero attached hydrogens (tertiary/aromatic N) is 3. The lowest BCUT2D eigenvalue weighted by Crippen LogP contribution is -2.45. The fourth-order valence-electron chi connectivity index (χ4n) is 2.36. The topological polar surface area (TPSA) is 84.6 Å². The van der Waals surface area contributed by atoms with Gasteiger partial charge in [-0.3, -0.25) is 4.99 Å². The van der Waals surface area contributed by atoms with Crippen molar-refractivity contribution in [2.24, 2.45) is 4.99 Å². The Morgan fingerprint density at radius 2 is 2.23 bits per heavy atom. The quantitative estimate of drug-likeness (QED) is 0.611. The van der Waals surface area contributed by atoms with Crippen LogP contribution in [0.5, 0.6) is 0 Å². The molecule has 7 heteroatoms. The second kappa shape index (κ2) is 7.58. The lowest BCUT2D eigenvalue weighted by Gasteiger charge is -2.24. The summed E-state index contributed by atoms with van der Waals surface area (Å²) >= 11 is 0. The molecule has 0 saturated carbocycles. The van der Waals surface area contributed by atoms with Gasteiger partial charge >= 0.3 is 0 Å². The van der Waals surface area contributed by atoms with E-state index in [1.807, 2.05) is 13.8 Å². The largest absolute Gasteiger partial charge is 0.373 e. The van der Waals surface area contributed by atoms with E-state index >= 15 is 0 Å². The zero-order chi connectivity index (χ0) is 16.0. The van der Waals surface area contributed by atoms with Gasteiger partial charge in [-0.15, -0.1) is 0 Å². The molecule has 1 unspecified atom stereocenters. The number of hydrogen-bond acceptors (Lipinski definition) is 5. The van der Waals surface area contributed by atoms with Crippen molar-refractivity contribution < 1.29 is 9.26 Å². The van der Waals surface area contributed by atoms with Crippen LogP contribution in [0.1, 0.15) is 51.2 Å². The highest BCUT2D eigenvalue weighted by atomic mass is 16.5. The molecule has 1 aromatic rings. The Hall–Kier alpha value is -1.63. The highest BCUT2D eigenvalue weighted by molar-refractivity contribution is 5.79. The molecule has 0 bridgehead atoms. The summed E-state index contributed by atoms with van der Waals surface area (Å²) in [6.45, 7) is 8.52. The summed E-state index contributed by atoms with van der Waals surface area (Å²) in [6.07, 6.45) is 2.88. The van der Waals surface area contributed by atoms with Crippen LogP contribution >= 0.6 is 0 Å². The molecule has 0 radical (unpaired) electrons. The second-order valence-corrected chi connectivity index (χ2v) is 6.21. The molecular formula is C15H27N5O2. The number of aliphatic imine (C=N–C) groups is 1. The first-order chi connectivity index (χ1) is 10.5. The Kier molecular flexibility index (Phi) is 5.76. The highest BCUT2D eigenvalue weighted by Crippen LogP contribution is 2.23. The smallest absolute Gasteiger partial charge is 0.228 e. The molecule has 2 N–H and O–H groups in total. The van der Waals surface area contributed by atoms with Crippen LogP contribution in [0.3, 0.4) is 0 Å². The van der Waals surface area contributed by atoms with Crippen molar-refractivity contribution in [3.63, 3.8) is 0 Å². The number of guanidine groups is 1. The first-order valence-electron chi connectivity index (χ1n) is 7.93. The fraction of sp³-hybridized carbons (Fsp3) is 0.800. The number of hydrogen-bond donors (Lipinski definition) is 2. The van der Waals surface area contributed by atoms with Gasteiger partial charge in [-0.25, -0.2) is 0 Å². The lowest BCUT2D eigenvalue weighted by molar-refractivity contribution is 0.0243. The number of nitrogens with one attached hydrogen (secondary N) is 2. The third-order valence-electron chi connectivity index (χ3n) is 3.79. The average molecular weight is 309 g/mol. The molecule has 7 nitrogen and oxygen atoms in total. The van der Waals surface area contributed by atoms with Crippen molar-refractivity contribution in [3.05, 3.63) is 11.7 Å². The predicted molar refractivity (Wildman–Crippen MR) is 85.0 cm³/mol. The molecule has 124 valence electrons. The van der Waals surface area contributed by atoms with Crippen LogP contribution in [-0.2, 0) is 11.2 Å². The predicted octanol–water partition coefficient (Wildman–Crippen LogP) is 1.47. The van der Waals surface area contributed by atoms with Crippen molar-refractivity contribution in [3.8, 4) is 0 Å². The SMILES string of the molecule is CN=C(NCCc1nc(C(C)C)no1)NCC1(C)CCCO1. The van der Waals surface area contributed by atoms with Crippen LogP contribution in [0.2, 0.25) is 0 Å². The number of ether oxygens (including phenoxy) is 1. The van der Waals surface area contributed by atoms with Crippen LogP contribution in [0, 0.1) is 0 Å². The van der Waals surface area contributed by atoms with Gasteiger partial charge in [-0.05, 0) is 19.8 Å². The standard InChI is InChI=1S/C15H27N5O2/c1-11(2)13-19-12(22-20-13)6-8-17-14(16-4)18-10-15(3)7-5-9-21-15/h11H,5-10H2,1-4H3,(H2,16,17,18). The molecule has 0 aliphatic carbocycles. The molecule has 1 atom stereocenters. The summed E-state index contributed by atoms with van der Waals surface area (Å²) in [4.78, 5) is 8.57. The van der Waals surface area contributed by atoms with Gasteiger partial charge in [-0.2, -0.15) is 4.98 Å². The molecule has 1 fully saturated rings. The summed E-state index contributed by atoms with van der Waals surface area (Å²) in [5.74, 6) is 2.45. The molecule has 1 aliphatic heterocycles. The molecule has 1 aliphatic rings. The van der Waals surface area contributed by atoms with Gasteiger partial charge in [0.25, 0.3) is 0 Å². The van der Waals surface area contributed by atoms with E-state index in [0.29, 0.717) is 18.9 Å². The van der Waals surface area contributed by atoms with Gasteiger partial charge in [0.1, 0.15) is 0 Å². The van der Waals surface area contributed by atoms with Crippen LogP contribution < -0.4 is 10.6 Å². The van der Waals surface area contributed by atoms with E-state index in [0.717, 1.165) is 37.8 Å². The maximum Gasteiger partial charge on any atom is 0.228 e. The van der Waals surface area contributed by atoms with Gasteiger partial charge in [-0.1, -0.05) is 19.0 Å². The minimum Gasteiger partial charge on any atom is -0.373 e. The van der Waals surface area contributed by atoms with E-state index in [9.17, 15) is 0 Å². The molecule has 2 heterocycles. The molecule has 2 rings (SSSR count). The Balaban J connectivity index is 1.71. The first kappa shape index (κ1) is 16.7. The lowest BCUT2D eigenvalue weighted by atomic mass is 10.0. The van der Waals surface area contributed by atoms with Crippen molar-refractivity contribution in [2.75, 3.05) is 26.7 Å². The normalized spacial score (nSPS) is 22.3. The first-order valence-corrected chi connectivity index (χ1v) is 7.93.